The predicted molar refractivity (Wildman–Crippen MR) is 95.1 cm³/mol. The fourth-order valence-electron chi connectivity index (χ4n) is 2.89. The molecule has 1 heterocycles. The van der Waals surface area contributed by atoms with Gasteiger partial charge in [-0.2, -0.15) is 13.2 Å². The zero-order valence-corrected chi connectivity index (χ0v) is 14.4. The maximum absolute atomic E-state index is 13.1. The van der Waals surface area contributed by atoms with Crippen molar-refractivity contribution in [1.82, 2.24) is 4.57 Å². The molecule has 0 saturated carbocycles. The molecule has 0 saturated heterocycles. The number of methoxy groups -OCH3 is 1. The van der Waals surface area contributed by atoms with Crippen LogP contribution in [-0.4, -0.2) is 17.6 Å². The number of hydrogen-bond acceptors (Lipinski definition) is 3. The number of nitrogens with one attached hydrogen (secondary N) is 1. The molecule has 0 radical (unpaired) electrons. The summed E-state index contributed by atoms with van der Waals surface area (Å²) in [6, 6.07) is 9.38. The molecule has 3 aromatic rings. The fourth-order valence-corrected chi connectivity index (χ4v) is 2.89. The van der Waals surface area contributed by atoms with Crippen molar-refractivity contribution in [2.75, 3.05) is 12.4 Å². The minimum absolute atomic E-state index is 0.230. The van der Waals surface area contributed by atoms with Crippen molar-refractivity contribution in [3.8, 4) is 5.75 Å². The van der Waals surface area contributed by atoms with Crippen LogP contribution in [0.2, 0.25) is 0 Å². The van der Waals surface area contributed by atoms with Crippen molar-refractivity contribution in [3.63, 3.8) is 0 Å². The highest BCUT2D eigenvalue weighted by atomic mass is 19.4. The molecule has 1 N–H and O–H groups in total. The largest absolute Gasteiger partial charge is 0.495 e. The van der Waals surface area contributed by atoms with Gasteiger partial charge in [0.1, 0.15) is 11.3 Å². The monoisotopic (exact) mass is 376 g/mol. The number of rotatable bonds is 3. The van der Waals surface area contributed by atoms with E-state index in [1.54, 1.807) is 19.2 Å². The van der Waals surface area contributed by atoms with E-state index >= 15 is 0 Å². The molecule has 27 heavy (non-hydrogen) atoms. The Kier molecular flexibility index (Phi) is 4.65. The lowest BCUT2D eigenvalue weighted by atomic mass is 10.1. The van der Waals surface area contributed by atoms with E-state index in [9.17, 15) is 22.8 Å². The van der Waals surface area contributed by atoms with Crippen LogP contribution in [0.25, 0.3) is 10.9 Å². The summed E-state index contributed by atoms with van der Waals surface area (Å²) in [5.74, 6) is -0.474. The molecule has 0 aliphatic rings. The number of ether oxygens (including phenoxy) is 1. The summed E-state index contributed by atoms with van der Waals surface area (Å²) in [7, 11) is 3.07. The summed E-state index contributed by atoms with van der Waals surface area (Å²) in [5, 5.41) is 2.42. The predicted octanol–water partition coefficient (Wildman–Crippen LogP) is 3.82. The molecule has 0 fully saturated rings. The molecule has 1 amide bonds. The van der Waals surface area contributed by atoms with Gasteiger partial charge in [-0.15, -0.1) is 0 Å². The average Bonchev–Trinajstić information content (AvgIpc) is 2.63. The van der Waals surface area contributed by atoms with Gasteiger partial charge in [-0.1, -0.05) is 18.2 Å². The Morgan fingerprint density at radius 3 is 2.48 bits per heavy atom. The first kappa shape index (κ1) is 18.5. The Hall–Kier alpha value is -3.29. The lowest BCUT2D eigenvalue weighted by Gasteiger charge is -2.15. The van der Waals surface area contributed by atoms with E-state index in [4.69, 9.17) is 4.74 Å². The summed E-state index contributed by atoms with van der Waals surface area (Å²) in [4.78, 5) is 25.3. The second-order valence-electron chi connectivity index (χ2n) is 5.84. The second kappa shape index (κ2) is 6.79. The molecule has 140 valence electrons. The topological polar surface area (TPSA) is 60.3 Å². The van der Waals surface area contributed by atoms with Gasteiger partial charge in [0, 0.05) is 13.2 Å². The number of carbonyl (C=O) groups excluding carboxylic acids is 1. The van der Waals surface area contributed by atoms with E-state index in [-0.39, 0.29) is 10.9 Å². The number of anilines is 1. The maximum atomic E-state index is 13.1. The van der Waals surface area contributed by atoms with Gasteiger partial charge in [0.05, 0.1) is 29.3 Å². The first-order valence-electron chi connectivity index (χ1n) is 7.88. The van der Waals surface area contributed by atoms with Crippen LogP contribution >= 0.6 is 0 Å². The minimum Gasteiger partial charge on any atom is -0.495 e. The number of carbonyl (C=O) groups is 1. The molecule has 5 nitrogen and oxygen atoms in total. The molecular formula is C19H15F3N2O3. The SMILES string of the molecule is COc1cccc2c(=O)c(C(=O)Nc3ccccc3C(F)(F)F)cn(C)c12. The quantitative estimate of drug-likeness (QED) is 0.756. The van der Waals surface area contributed by atoms with Crippen molar-refractivity contribution in [2.45, 2.75) is 6.18 Å². The van der Waals surface area contributed by atoms with Crippen molar-refractivity contribution in [1.29, 1.82) is 0 Å². The molecule has 3 rings (SSSR count). The zero-order chi connectivity index (χ0) is 19.8. The lowest BCUT2D eigenvalue weighted by Crippen LogP contribution is -2.24. The van der Waals surface area contributed by atoms with Crippen LogP contribution in [0.5, 0.6) is 5.75 Å². The Labute approximate surface area is 152 Å². The van der Waals surface area contributed by atoms with E-state index < -0.39 is 28.8 Å². The first-order valence-corrected chi connectivity index (χ1v) is 7.88. The van der Waals surface area contributed by atoms with Gasteiger partial charge in [-0.3, -0.25) is 9.59 Å². The summed E-state index contributed by atoms with van der Waals surface area (Å²) in [6.45, 7) is 0. The van der Waals surface area contributed by atoms with Gasteiger partial charge in [0.2, 0.25) is 5.43 Å². The smallest absolute Gasteiger partial charge is 0.418 e. The highest BCUT2D eigenvalue weighted by Crippen LogP contribution is 2.34. The van der Waals surface area contributed by atoms with Crippen LogP contribution in [-0.2, 0) is 13.2 Å². The summed E-state index contributed by atoms with van der Waals surface area (Å²) < 4.78 is 46.1. The van der Waals surface area contributed by atoms with Crippen molar-refractivity contribution >= 4 is 22.5 Å². The van der Waals surface area contributed by atoms with Gasteiger partial charge < -0.3 is 14.6 Å². The Morgan fingerprint density at radius 2 is 1.81 bits per heavy atom. The Morgan fingerprint density at radius 1 is 1.11 bits per heavy atom. The standard InChI is InChI=1S/C19H15F3N2O3/c1-24-10-12(17(25)11-6-5-9-15(27-2)16(11)24)18(26)23-14-8-4-3-7-13(14)19(20,21)22/h3-10H,1-2H3,(H,23,26). The maximum Gasteiger partial charge on any atom is 0.418 e. The molecule has 0 atom stereocenters. The minimum atomic E-state index is -4.63. The molecule has 1 aromatic heterocycles. The molecular weight excluding hydrogens is 361 g/mol. The number of aromatic nitrogens is 1. The normalized spacial score (nSPS) is 11.4. The van der Waals surface area contributed by atoms with Crippen molar-refractivity contribution in [2.24, 2.45) is 7.05 Å². The van der Waals surface area contributed by atoms with Gasteiger partial charge in [0.15, 0.2) is 0 Å². The average molecular weight is 376 g/mol. The first-order chi connectivity index (χ1) is 12.7. The van der Waals surface area contributed by atoms with E-state index in [0.29, 0.717) is 11.3 Å². The molecule has 0 bridgehead atoms. The number of para-hydroxylation sites is 2. The van der Waals surface area contributed by atoms with Crippen molar-refractivity contribution in [3.05, 3.63) is 70.0 Å². The molecule has 0 aliphatic carbocycles. The third-order valence-electron chi connectivity index (χ3n) is 4.11. The van der Waals surface area contributed by atoms with Crippen LogP contribution < -0.4 is 15.5 Å². The Bertz CT molecular complexity index is 1090. The highest BCUT2D eigenvalue weighted by Gasteiger charge is 2.33. The molecule has 0 aliphatic heterocycles. The summed E-state index contributed by atoms with van der Waals surface area (Å²) in [6.07, 6.45) is -3.36. The van der Waals surface area contributed by atoms with Crippen molar-refractivity contribution < 1.29 is 22.7 Å². The molecule has 2 aromatic carbocycles. The molecule has 0 unspecified atom stereocenters. The summed E-state index contributed by atoms with van der Waals surface area (Å²) >= 11 is 0. The third-order valence-corrected chi connectivity index (χ3v) is 4.11. The number of pyridine rings is 1. The van der Waals surface area contributed by atoms with Crippen LogP contribution in [0.4, 0.5) is 18.9 Å². The number of fused-ring (bicyclic) bond motifs is 1. The number of amides is 1. The van der Waals surface area contributed by atoms with Gasteiger partial charge >= 0.3 is 6.18 Å². The van der Waals surface area contributed by atoms with Gasteiger partial charge in [-0.05, 0) is 24.3 Å². The second-order valence-corrected chi connectivity index (χ2v) is 5.84. The molecule has 0 spiro atoms. The van der Waals surface area contributed by atoms with Gasteiger partial charge in [-0.25, -0.2) is 0 Å². The third kappa shape index (κ3) is 3.38. The number of aryl methyl sites for hydroxylation is 1. The van der Waals surface area contributed by atoms with Crippen LogP contribution in [0.1, 0.15) is 15.9 Å². The van der Waals surface area contributed by atoms with E-state index in [1.807, 2.05) is 0 Å². The van der Waals surface area contributed by atoms with E-state index in [2.05, 4.69) is 5.32 Å². The number of hydrogen-bond donors (Lipinski definition) is 1. The molecule has 8 heteroatoms. The highest BCUT2D eigenvalue weighted by molar-refractivity contribution is 6.06. The number of halogens is 3. The number of benzene rings is 2. The fraction of sp³-hybridized carbons (Fsp3) is 0.158. The van der Waals surface area contributed by atoms with Crippen LogP contribution in [0.3, 0.4) is 0 Å². The van der Waals surface area contributed by atoms with E-state index in [0.717, 1.165) is 12.1 Å². The van der Waals surface area contributed by atoms with Crippen LogP contribution in [0.15, 0.2) is 53.5 Å². The number of alkyl halides is 3. The zero-order valence-electron chi connectivity index (χ0n) is 14.4. The summed E-state index contributed by atoms with van der Waals surface area (Å²) in [5.41, 5.74) is -1.78. The van der Waals surface area contributed by atoms with Crippen LogP contribution in [0, 0.1) is 0 Å². The van der Waals surface area contributed by atoms with Gasteiger partial charge in [0.25, 0.3) is 5.91 Å². The van der Waals surface area contributed by atoms with E-state index in [1.165, 1.54) is 36.1 Å². The lowest BCUT2D eigenvalue weighted by molar-refractivity contribution is -0.136. The Balaban J connectivity index is 2.09. The number of nitrogens with zero attached hydrogens (tertiary/aromatic N) is 1.